The molecule has 1 saturated heterocycles. The molecule has 11 heteroatoms. The van der Waals surface area contributed by atoms with Crippen LogP contribution < -0.4 is 10.6 Å². The lowest BCUT2D eigenvalue weighted by atomic mass is 9.85. The van der Waals surface area contributed by atoms with Crippen molar-refractivity contribution in [3.05, 3.63) is 30.1 Å². The highest BCUT2D eigenvalue weighted by molar-refractivity contribution is 5.95. The van der Waals surface area contributed by atoms with Crippen molar-refractivity contribution in [3.8, 4) is 6.07 Å². The fourth-order valence-electron chi connectivity index (χ4n) is 4.98. The number of nitrogens with zero attached hydrogens (tertiary/aromatic N) is 3. The molecule has 1 aliphatic heterocycles. The summed E-state index contributed by atoms with van der Waals surface area (Å²) in [5.41, 5.74) is -2.31. The van der Waals surface area contributed by atoms with Crippen LogP contribution in [0.15, 0.2) is 24.5 Å². The SMILES string of the molecule is CC(C#N)(NC(=O)C1C2C(CN1C(=O)C(NC(=O)C(F)(F)F)C(C)(C)C)C2(C)C)c1cccnc1. The lowest BCUT2D eigenvalue weighted by Crippen LogP contribution is -2.61. The highest BCUT2D eigenvalue weighted by Crippen LogP contribution is 2.65. The van der Waals surface area contributed by atoms with Crippen LogP contribution in [-0.2, 0) is 19.9 Å². The maximum Gasteiger partial charge on any atom is 0.471 e. The Morgan fingerprint density at radius 3 is 2.34 bits per heavy atom. The molecule has 2 heterocycles. The first-order chi connectivity index (χ1) is 15.9. The summed E-state index contributed by atoms with van der Waals surface area (Å²) in [5.74, 6) is -3.84. The van der Waals surface area contributed by atoms with Crippen LogP contribution in [0.2, 0.25) is 0 Å². The first-order valence-corrected chi connectivity index (χ1v) is 11.3. The van der Waals surface area contributed by atoms with Gasteiger partial charge in [-0.15, -0.1) is 0 Å². The van der Waals surface area contributed by atoms with Gasteiger partial charge >= 0.3 is 12.1 Å². The number of nitriles is 1. The number of rotatable bonds is 5. The van der Waals surface area contributed by atoms with E-state index in [4.69, 9.17) is 0 Å². The van der Waals surface area contributed by atoms with Gasteiger partial charge in [0.15, 0.2) is 5.54 Å². The van der Waals surface area contributed by atoms with Gasteiger partial charge in [-0.25, -0.2) is 0 Å². The molecule has 5 unspecified atom stereocenters. The summed E-state index contributed by atoms with van der Waals surface area (Å²) in [5, 5.41) is 14.4. The minimum absolute atomic E-state index is 0.0344. The molecule has 2 N–H and O–H groups in total. The number of amides is 3. The van der Waals surface area contributed by atoms with Crippen molar-refractivity contribution in [3.63, 3.8) is 0 Å². The highest BCUT2D eigenvalue weighted by atomic mass is 19.4. The largest absolute Gasteiger partial charge is 0.471 e. The van der Waals surface area contributed by atoms with Crippen LogP contribution in [0.25, 0.3) is 0 Å². The topological polar surface area (TPSA) is 115 Å². The van der Waals surface area contributed by atoms with E-state index in [1.54, 1.807) is 12.1 Å². The van der Waals surface area contributed by atoms with Crippen molar-refractivity contribution in [2.75, 3.05) is 6.54 Å². The number of piperidine rings is 1. The zero-order valence-electron chi connectivity index (χ0n) is 20.5. The summed E-state index contributed by atoms with van der Waals surface area (Å²) in [6.45, 7) is 10.2. The third kappa shape index (κ3) is 4.83. The minimum atomic E-state index is -5.16. The Morgan fingerprint density at radius 2 is 1.86 bits per heavy atom. The molecule has 3 amide bonds. The van der Waals surface area contributed by atoms with E-state index in [0.29, 0.717) is 5.56 Å². The Hall–Kier alpha value is -3.16. The lowest BCUT2D eigenvalue weighted by molar-refractivity contribution is -0.176. The molecule has 2 fully saturated rings. The summed E-state index contributed by atoms with van der Waals surface area (Å²) in [6.07, 6.45) is -2.18. The maximum absolute atomic E-state index is 13.5. The van der Waals surface area contributed by atoms with Crippen molar-refractivity contribution in [2.24, 2.45) is 22.7 Å². The van der Waals surface area contributed by atoms with Gasteiger partial charge in [0.1, 0.15) is 12.1 Å². The Bertz CT molecular complexity index is 1060. The van der Waals surface area contributed by atoms with Gasteiger partial charge in [0.05, 0.1) is 6.07 Å². The van der Waals surface area contributed by atoms with E-state index in [-0.39, 0.29) is 23.8 Å². The monoisotopic (exact) mass is 493 g/mol. The van der Waals surface area contributed by atoms with Gasteiger partial charge < -0.3 is 15.5 Å². The van der Waals surface area contributed by atoms with Gasteiger partial charge in [0.2, 0.25) is 11.8 Å². The smallest absolute Gasteiger partial charge is 0.336 e. The molecule has 1 aromatic heterocycles. The molecule has 0 radical (unpaired) electrons. The normalized spacial score (nSPS) is 25.5. The quantitative estimate of drug-likeness (QED) is 0.654. The van der Waals surface area contributed by atoms with Gasteiger partial charge in [0.25, 0.3) is 0 Å². The van der Waals surface area contributed by atoms with Gasteiger partial charge in [-0.05, 0) is 35.7 Å². The van der Waals surface area contributed by atoms with Crippen LogP contribution in [0.5, 0.6) is 0 Å². The van der Waals surface area contributed by atoms with E-state index >= 15 is 0 Å². The number of pyridine rings is 1. The Kier molecular flexibility index (Phi) is 6.42. The van der Waals surface area contributed by atoms with Crippen LogP contribution in [-0.4, -0.2) is 52.4 Å². The van der Waals surface area contributed by atoms with Crippen LogP contribution in [0.1, 0.15) is 47.1 Å². The Balaban J connectivity index is 1.92. The van der Waals surface area contributed by atoms with E-state index in [0.717, 1.165) is 0 Å². The average Bonchev–Trinajstić information content (AvgIpc) is 3.10. The summed E-state index contributed by atoms with van der Waals surface area (Å²) in [6, 6.07) is 2.83. The molecule has 0 bridgehead atoms. The van der Waals surface area contributed by atoms with Crippen LogP contribution >= 0.6 is 0 Å². The fourth-order valence-corrected chi connectivity index (χ4v) is 4.98. The number of likely N-dealkylation sites (tertiary alicyclic amines) is 1. The standard InChI is InChI=1S/C24H30F3N5O3/c1-21(2,3)17(30-20(35)24(25,26)27)19(34)32-11-14-15(22(14,4)5)16(32)18(33)31-23(6,12-28)13-8-7-9-29-10-13/h7-10,14-17H,11H2,1-6H3,(H,30,35)(H,31,33). The number of hydrogen-bond donors (Lipinski definition) is 2. The number of carbonyl (C=O) groups is 3. The molecule has 1 aliphatic carbocycles. The van der Waals surface area contributed by atoms with Crippen molar-refractivity contribution in [2.45, 2.75) is 65.3 Å². The Morgan fingerprint density at radius 1 is 1.23 bits per heavy atom. The number of fused-ring (bicyclic) bond motifs is 1. The first-order valence-electron chi connectivity index (χ1n) is 11.3. The van der Waals surface area contributed by atoms with Gasteiger partial charge in [0, 0.05) is 24.5 Å². The van der Waals surface area contributed by atoms with E-state index in [2.05, 4.69) is 16.4 Å². The summed E-state index contributed by atoms with van der Waals surface area (Å²) >= 11 is 0. The molecule has 5 atom stereocenters. The van der Waals surface area contributed by atoms with Crippen molar-refractivity contribution >= 4 is 17.7 Å². The number of nitrogens with one attached hydrogen (secondary N) is 2. The second-order valence-corrected chi connectivity index (χ2v) is 11.1. The van der Waals surface area contributed by atoms with Gasteiger partial charge in [-0.2, -0.15) is 18.4 Å². The fraction of sp³-hybridized carbons (Fsp3) is 0.625. The zero-order valence-corrected chi connectivity index (χ0v) is 20.5. The average molecular weight is 494 g/mol. The lowest BCUT2D eigenvalue weighted by Gasteiger charge is -2.38. The van der Waals surface area contributed by atoms with Gasteiger partial charge in [-0.3, -0.25) is 19.4 Å². The van der Waals surface area contributed by atoms with E-state index in [1.165, 1.54) is 45.0 Å². The molecule has 35 heavy (non-hydrogen) atoms. The number of carbonyl (C=O) groups excluding carboxylic acids is 3. The summed E-state index contributed by atoms with van der Waals surface area (Å²) in [7, 11) is 0. The molecule has 190 valence electrons. The molecule has 1 saturated carbocycles. The van der Waals surface area contributed by atoms with E-state index < -0.39 is 46.9 Å². The Labute approximate surface area is 202 Å². The zero-order chi connectivity index (χ0) is 26.6. The third-order valence-corrected chi connectivity index (χ3v) is 7.24. The number of alkyl halides is 3. The number of aromatic nitrogens is 1. The predicted octanol–water partition coefficient (Wildman–Crippen LogP) is 2.51. The van der Waals surface area contributed by atoms with E-state index in [9.17, 15) is 32.8 Å². The predicted molar refractivity (Wildman–Crippen MR) is 119 cm³/mol. The molecule has 0 aromatic carbocycles. The summed E-state index contributed by atoms with van der Waals surface area (Å²) < 4.78 is 38.9. The minimum Gasteiger partial charge on any atom is -0.336 e. The molecule has 2 aliphatic rings. The van der Waals surface area contributed by atoms with Gasteiger partial charge in [-0.1, -0.05) is 40.7 Å². The second kappa shape index (κ2) is 8.50. The van der Waals surface area contributed by atoms with Crippen molar-refractivity contribution in [1.82, 2.24) is 20.5 Å². The third-order valence-electron chi connectivity index (χ3n) is 7.24. The van der Waals surface area contributed by atoms with Crippen LogP contribution in [0, 0.1) is 34.0 Å². The summed E-state index contributed by atoms with van der Waals surface area (Å²) in [4.78, 5) is 44.0. The maximum atomic E-state index is 13.5. The van der Waals surface area contributed by atoms with Crippen LogP contribution in [0.3, 0.4) is 0 Å². The molecule has 1 aromatic rings. The second-order valence-electron chi connectivity index (χ2n) is 11.1. The number of hydrogen-bond acceptors (Lipinski definition) is 5. The van der Waals surface area contributed by atoms with Crippen LogP contribution in [0.4, 0.5) is 13.2 Å². The molecule has 3 rings (SSSR count). The molecular formula is C24H30F3N5O3. The van der Waals surface area contributed by atoms with Crippen molar-refractivity contribution in [1.29, 1.82) is 5.26 Å². The molecular weight excluding hydrogens is 463 g/mol. The number of halogens is 3. The molecule has 8 nitrogen and oxygen atoms in total. The highest BCUT2D eigenvalue weighted by Gasteiger charge is 2.70. The van der Waals surface area contributed by atoms with E-state index in [1.807, 2.05) is 19.2 Å². The molecule has 0 spiro atoms. The van der Waals surface area contributed by atoms with Crippen molar-refractivity contribution < 1.29 is 27.6 Å². The first kappa shape index (κ1) is 26.4.